The third-order valence-electron chi connectivity index (χ3n) is 3.42. The SMILES string of the molecule is CC[C@H](Oc1ccc(C)c(C)c1)C(=O)N[C@@H](C)CC. The van der Waals surface area contributed by atoms with Crippen molar-refractivity contribution in [2.45, 2.75) is 59.6 Å². The van der Waals surface area contributed by atoms with Crippen LogP contribution in [0.2, 0.25) is 0 Å². The topological polar surface area (TPSA) is 38.3 Å². The molecular formula is C16H25NO2. The van der Waals surface area contributed by atoms with Gasteiger partial charge in [0.25, 0.3) is 5.91 Å². The van der Waals surface area contributed by atoms with Crippen molar-refractivity contribution in [1.29, 1.82) is 0 Å². The van der Waals surface area contributed by atoms with Gasteiger partial charge in [-0.2, -0.15) is 0 Å². The number of hydrogen-bond donors (Lipinski definition) is 1. The Hall–Kier alpha value is -1.51. The largest absolute Gasteiger partial charge is 0.481 e. The first-order chi connectivity index (χ1) is 8.97. The molecule has 1 rings (SSSR count). The second-order valence-electron chi connectivity index (χ2n) is 5.08. The summed E-state index contributed by atoms with van der Waals surface area (Å²) in [6.45, 7) is 10.1. The van der Waals surface area contributed by atoms with Gasteiger partial charge in [-0.1, -0.05) is 19.9 Å². The summed E-state index contributed by atoms with van der Waals surface area (Å²) >= 11 is 0. The zero-order valence-corrected chi connectivity index (χ0v) is 12.6. The summed E-state index contributed by atoms with van der Waals surface area (Å²) < 4.78 is 5.79. The summed E-state index contributed by atoms with van der Waals surface area (Å²) in [6.07, 6.45) is 1.16. The van der Waals surface area contributed by atoms with Crippen molar-refractivity contribution in [2.75, 3.05) is 0 Å². The number of carbonyl (C=O) groups excluding carboxylic acids is 1. The Morgan fingerprint density at radius 1 is 1.21 bits per heavy atom. The molecule has 106 valence electrons. The van der Waals surface area contributed by atoms with E-state index < -0.39 is 6.10 Å². The lowest BCUT2D eigenvalue weighted by Gasteiger charge is -2.20. The van der Waals surface area contributed by atoms with Gasteiger partial charge in [-0.05, 0) is 56.9 Å². The molecule has 19 heavy (non-hydrogen) atoms. The highest BCUT2D eigenvalue weighted by Gasteiger charge is 2.19. The molecule has 1 aromatic rings. The number of aryl methyl sites for hydroxylation is 2. The Morgan fingerprint density at radius 3 is 2.42 bits per heavy atom. The number of carbonyl (C=O) groups is 1. The van der Waals surface area contributed by atoms with Crippen LogP contribution < -0.4 is 10.1 Å². The monoisotopic (exact) mass is 263 g/mol. The molecule has 0 aliphatic rings. The number of rotatable bonds is 6. The van der Waals surface area contributed by atoms with Crippen molar-refractivity contribution >= 4 is 5.91 Å². The highest BCUT2D eigenvalue weighted by Crippen LogP contribution is 2.18. The zero-order chi connectivity index (χ0) is 14.4. The molecule has 0 radical (unpaired) electrons. The molecule has 1 N–H and O–H groups in total. The maximum absolute atomic E-state index is 12.1. The van der Waals surface area contributed by atoms with Gasteiger partial charge in [0.1, 0.15) is 5.75 Å². The Balaban J connectivity index is 2.70. The van der Waals surface area contributed by atoms with E-state index in [0.29, 0.717) is 6.42 Å². The van der Waals surface area contributed by atoms with Crippen LogP contribution in [0, 0.1) is 13.8 Å². The van der Waals surface area contributed by atoms with E-state index in [9.17, 15) is 4.79 Å². The van der Waals surface area contributed by atoms with Crippen molar-refractivity contribution in [1.82, 2.24) is 5.32 Å². The summed E-state index contributed by atoms with van der Waals surface area (Å²) in [5, 5.41) is 2.96. The Kier molecular flexibility index (Phi) is 5.87. The van der Waals surface area contributed by atoms with Crippen molar-refractivity contribution in [3.63, 3.8) is 0 Å². The minimum Gasteiger partial charge on any atom is -0.481 e. The van der Waals surface area contributed by atoms with Gasteiger partial charge in [0.05, 0.1) is 0 Å². The maximum Gasteiger partial charge on any atom is 0.261 e. The lowest BCUT2D eigenvalue weighted by molar-refractivity contribution is -0.128. The smallest absolute Gasteiger partial charge is 0.261 e. The van der Waals surface area contributed by atoms with Crippen molar-refractivity contribution in [3.05, 3.63) is 29.3 Å². The van der Waals surface area contributed by atoms with Gasteiger partial charge in [-0.3, -0.25) is 4.79 Å². The maximum atomic E-state index is 12.1. The summed E-state index contributed by atoms with van der Waals surface area (Å²) in [5.74, 6) is 0.726. The third kappa shape index (κ3) is 4.58. The average Bonchev–Trinajstić information content (AvgIpc) is 2.39. The highest BCUT2D eigenvalue weighted by molar-refractivity contribution is 5.81. The standard InChI is InChI=1S/C16H25NO2/c1-6-13(5)17-16(18)15(7-2)19-14-9-8-11(3)12(4)10-14/h8-10,13,15H,6-7H2,1-5H3,(H,17,18)/t13-,15-/m0/s1. The number of ether oxygens (including phenoxy) is 1. The second-order valence-corrected chi connectivity index (χ2v) is 5.08. The van der Waals surface area contributed by atoms with Crippen LogP contribution in [-0.4, -0.2) is 18.1 Å². The van der Waals surface area contributed by atoms with Crippen LogP contribution in [-0.2, 0) is 4.79 Å². The fraction of sp³-hybridized carbons (Fsp3) is 0.562. The van der Waals surface area contributed by atoms with Crippen LogP contribution >= 0.6 is 0 Å². The van der Waals surface area contributed by atoms with E-state index in [1.807, 2.05) is 39.0 Å². The molecule has 0 aliphatic heterocycles. The van der Waals surface area contributed by atoms with E-state index in [-0.39, 0.29) is 11.9 Å². The summed E-state index contributed by atoms with van der Waals surface area (Å²) in [5.41, 5.74) is 2.40. The molecule has 3 heteroatoms. The number of hydrogen-bond acceptors (Lipinski definition) is 2. The molecular weight excluding hydrogens is 238 g/mol. The quantitative estimate of drug-likeness (QED) is 0.854. The van der Waals surface area contributed by atoms with Crippen molar-refractivity contribution in [3.8, 4) is 5.75 Å². The molecule has 1 aromatic carbocycles. The Morgan fingerprint density at radius 2 is 1.89 bits per heavy atom. The van der Waals surface area contributed by atoms with Gasteiger partial charge >= 0.3 is 0 Å². The van der Waals surface area contributed by atoms with Gasteiger partial charge in [-0.15, -0.1) is 0 Å². The van der Waals surface area contributed by atoms with Gasteiger partial charge in [0, 0.05) is 6.04 Å². The van der Waals surface area contributed by atoms with Crippen LogP contribution in [0.25, 0.3) is 0 Å². The first-order valence-electron chi connectivity index (χ1n) is 7.02. The Labute approximate surface area is 116 Å². The second kappa shape index (κ2) is 7.17. The van der Waals surface area contributed by atoms with E-state index in [0.717, 1.165) is 12.2 Å². The van der Waals surface area contributed by atoms with E-state index >= 15 is 0 Å². The van der Waals surface area contributed by atoms with Gasteiger partial charge in [0.2, 0.25) is 0 Å². The molecule has 0 aliphatic carbocycles. The summed E-state index contributed by atoms with van der Waals surface area (Å²) in [7, 11) is 0. The molecule has 0 heterocycles. The summed E-state index contributed by atoms with van der Waals surface area (Å²) in [6, 6.07) is 6.10. The number of benzene rings is 1. The van der Waals surface area contributed by atoms with Crippen LogP contribution in [0.1, 0.15) is 44.7 Å². The predicted octanol–water partition coefficient (Wildman–Crippen LogP) is 3.38. The van der Waals surface area contributed by atoms with Gasteiger partial charge in [-0.25, -0.2) is 0 Å². The molecule has 1 amide bonds. The molecule has 3 nitrogen and oxygen atoms in total. The lowest BCUT2D eigenvalue weighted by Crippen LogP contribution is -2.42. The van der Waals surface area contributed by atoms with Crippen molar-refractivity contribution < 1.29 is 9.53 Å². The number of amides is 1. The van der Waals surface area contributed by atoms with Gasteiger partial charge in [0.15, 0.2) is 6.10 Å². The molecule has 0 unspecified atom stereocenters. The van der Waals surface area contributed by atoms with E-state index in [2.05, 4.69) is 19.2 Å². The van der Waals surface area contributed by atoms with Crippen LogP contribution in [0.4, 0.5) is 0 Å². The first-order valence-corrected chi connectivity index (χ1v) is 7.02. The first kappa shape index (κ1) is 15.5. The minimum absolute atomic E-state index is 0.0323. The molecule has 0 fully saturated rings. The normalized spacial score (nSPS) is 13.7. The fourth-order valence-electron chi connectivity index (χ4n) is 1.71. The fourth-order valence-corrected chi connectivity index (χ4v) is 1.71. The molecule has 0 saturated heterocycles. The van der Waals surface area contributed by atoms with E-state index in [1.165, 1.54) is 11.1 Å². The molecule has 0 saturated carbocycles. The van der Waals surface area contributed by atoms with Gasteiger partial charge < -0.3 is 10.1 Å². The molecule has 2 atom stereocenters. The van der Waals surface area contributed by atoms with Crippen molar-refractivity contribution in [2.24, 2.45) is 0 Å². The van der Waals surface area contributed by atoms with E-state index in [1.54, 1.807) is 0 Å². The average molecular weight is 263 g/mol. The molecule has 0 bridgehead atoms. The highest BCUT2D eigenvalue weighted by atomic mass is 16.5. The third-order valence-corrected chi connectivity index (χ3v) is 3.42. The molecule has 0 spiro atoms. The number of nitrogens with one attached hydrogen (secondary N) is 1. The Bertz CT molecular complexity index is 429. The van der Waals surface area contributed by atoms with E-state index in [4.69, 9.17) is 4.74 Å². The van der Waals surface area contributed by atoms with Crippen LogP contribution in [0.15, 0.2) is 18.2 Å². The lowest BCUT2D eigenvalue weighted by atomic mass is 10.1. The van der Waals surface area contributed by atoms with Crippen LogP contribution in [0.5, 0.6) is 5.75 Å². The predicted molar refractivity (Wildman–Crippen MR) is 78.5 cm³/mol. The molecule has 0 aromatic heterocycles. The minimum atomic E-state index is -0.420. The van der Waals surface area contributed by atoms with Crippen LogP contribution in [0.3, 0.4) is 0 Å². The summed E-state index contributed by atoms with van der Waals surface area (Å²) in [4.78, 5) is 12.1. The zero-order valence-electron chi connectivity index (χ0n) is 12.6.